The Morgan fingerprint density at radius 1 is 1.23 bits per heavy atom. The van der Waals surface area contributed by atoms with Crippen LogP contribution < -0.4 is 14.9 Å². The van der Waals surface area contributed by atoms with Gasteiger partial charge in [0.15, 0.2) is 0 Å². The average Bonchev–Trinajstić information content (AvgIpc) is 3.32. The molecule has 1 aliphatic rings. The number of rotatable bonds is 13. The second-order valence-electron chi connectivity index (χ2n) is 7.69. The van der Waals surface area contributed by atoms with Crippen molar-refractivity contribution in [2.24, 2.45) is 0 Å². The Labute approximate surface area is 207 Å². The van der Waals surface area contributed by atoms with Gasteiger partial charge in [-0.2, -0.15) is 0 Å². The highest BCUT2D eigenvalue weighted by Gasteiger charge is 2.30. The second kappa shape index (κ2) is 17.0. The summed E-state index contributed by atoms with van der Waals surface area (Å²) in [5.41, 5.74) is 0. The smallest absolute Gasteiger partial charge is 0.323 e. The van der Waals surface area contributed by atoms with E-state index in [2.05, 4.69) is 5.09 Å². The molecule has 0 aliphatic carbocycles. The van der Waals surface area contributed by atoms with E-state index in [-0.39, 0.29) is 31.0 Å². The number of carbonyl (C=O) groups excluding carboxylic acids is 3. The Hall–Kier alpha value is -2.56. The number of aliphatic hydroxyl groups is 1. The standard InChI is InChI=1S/C22H32N3O7P.CH4O/c1-16(2)30-22(28)17(3)24-33(32-18-8-6-5-7-9-18)29-14-19-10-11-21(31-19)25(4)13-12-20(27)23-15-26;1-2/h5-9,12-13,15-17,19,21,24H,10-11,14H2,1-4H3,(H,23,26,27);2H,1H3/b13-12-;. The van der Waals surface area contributed by atoms with Gasteiger partial charge in [0.1, 0.15) is 18.0 Å². The molecule has 1 saturated heterocycles. The minimum absolute atomic E-state index is 0.182. The minimum Gasteiger partial charge on any atom is -0.462 e. The molecule has 1 heterocycles. The molecule has 12 heteroatoms. The number of aliphatic hydroxyl groups excluding tert-OH is 1. The van der Waals surface area contributed by atoms with Crippen molar-refractivity contribution in [2.75, 3.05) is 20.8 Å². The first-order valence-corrected chi connectivity index (χ1v) is 12.3. The molecule has 4 unspecified atom stereocenters. The molecule has 1 aromatic carbocycles. The third-order valence-corrected chi connectivity index (χ3v) is 5.87. The van der Waals surface area contributed by atoms with E-state index in [9.17, 15) is 14.4 Å². The number of nitrogens with one attached hydrogen (secondary N) is 2. The van der Waals surface area contributed by atoms with Crippen molar-refractivity contribution < 1.29 is 38.0 Å². The van der Waals surface area contributed by atoms with Gasteiger partial charge in [0.05, 0.1) is 18.8 Å². The van der Waals surface area contributed by atoms with Gasteiger partial charge in [0.2, 0.25) is 6.41 Å². The van der Waals surface area contributed by atoms with Crippen molar-refractivity contribution in [2.45, 2.75) is 58.1 Å². The van der Waals surface area contributed by atoms with E-state index in [0.717, 1.165) is 20.0 Å². The van der Waals surface area contributed by atoms with Crippen LogP contribution in [0.5, 0.6) is 5.75 Å². The van der Waals surface area contributed by atoms with Crippen LogP contribution in [0.15, 0.2) is 42.6 Å². The molecule has 0 bridgehead atoms. The normalized spacial score (nSPS) is 18.8. The number of para-hydroxylation sites is 1. The Bertz CT molecular complexity index is 796. The number of nitrogens with zero attached hydrogens (tertiary/aromatic N) is 1. The maximum Gasteiger partial charge on any atom is 0.323 e. The summed E-state index contributed by atoms with van der Waals surface area (Å²) < 4.78 is 23.2. The van der Waals surface area contributed by atoms with Gasteiger partial charge in [0.25, 0.3) is 5.91 Å². The van der Waals surface area contributed by atoms with E-state index in [1.807, 2.05) is 35.6 Å². The fraction of sp³-hybridized carbons (Fsp3) is 0.522. The largest absolute Gasteiger partial charge is 0.462 e. The van der Waals surface area contributed by atoms with Gasteiger partial charge in [-0.1, -0.05) is 18.2 Å². The summed E-state index contributed by atoms with van der Waals surface area (Å²) in [6.45, 7) is 5.54. The monoisotopic (exact) mass is 513 g/mol. The first-order chi connectivity index (χ1) is 16.8. The molecule has 4 atom stereocenters. The van der Waals surface area contributed by atoms with Gasteiger partial charge in [-0.15, -0.1) is 0 Å². The zero-order chi connectivity index (χ0) is 26.2. The third kappa shape index (κ3) is 12.1. The van der Waals surface area contributed by atoms with E-state index < -0.39 is 20.5 Å². The molecule has 0 radical (unpaired) electrons. The highest BCUT2D eigenvalue weighted by atomic mass is 31.2. The molecule has 2 amide bonds. The van der Waals surface area contributed by atoms with Gasteiger partial charge in [-0.25, -0.2) is 5.09 Å². The molecule has 3 N–H and O–H groups in total. The molecule has 2 rings (SSSR count). The Morgan fingerprint density at radius 3 is 2.54 bits per heavy atom. The van der Waals surface area contributed by atoms with Crippen LogP contribution in [0.1, 0.15) is 33.6 Å². The molecule has 0 aromatic heterocycles. The first-order valence-electron chi connectivity index (χ1n) is 11.2. The van der Waals surface area contributed by atoms with E-state index in [1.54, 1.807) is 38.9 Å². The number of esters is 1. The van der Waals surface area contributed by atoms with Crippen LogP contribution >= 0.6 is 8.53 Å². The number of hydrogen-bond acceptors (Lipinski definition) is 10. The highest BCUT2D eigenvalue weighted by molar-refractivity contribution is 7.45. The lowest BCUT2D eigenvalue weighted by molar-refractivity contribution is -0.149. The predicted octanol–water partition coefficient (Wildman–Crippen LogP) is 2.07. The van der Waals surface area contributed by atoms with Crippen molar-refractivity contribution in [3.05, 3.63) is 42.6 Å². The summed E-state index contributed by atoms with van der Waals surface area (Å²) in [5, 5.41) is 12.1. The van der Waals surface area contributed by atoms with Crippen LogP contribution in [0.4, 0.5) is 0 Å². The summed E-state index contributed by atoms with van der Waals surface area (Å²) in [4.78, 5) is 35.6. The maximum absolute atomic E-state index is 12.2. The lowest BCUT2D eigenvalue weighted by Gasteiger charge is -2.25. The van der Waals surface area contributed by atoms with Crippen molar-refractivity contribution >= 4 is 26.8 Å². The maximum atomic E-state index is 12.2. The number of ether oxygens (including phenoxy) is 2. The quantitative estimate of drug-likeness (QED) is 0.156. The number of hydrogen-bond donors (Lipinski definition) is 3. The van der Waals surface area contributed by atoms with Crippen molar-refractivity contribution in [1.29, 1.82) is 0 Å². The highest BCUT2D eigenvalue weighted by Crippen LogP contribution is 2.37. The summed E-state index contributed by atoms with van der Waals surface area (Å²) in [7, 11) is 1.14. The zero-order valence-electron chi connectivity index (χ0n) is 20.7. The Morgan fingerprint density at radius 2 is 1.91 bits per heavy atom. The first kappa shape index (κ1) is 30.5. The van der Waals surface area contributed by atoms with Crippen LogP contribution in [0.2, 0.25) is 0 Å². The van der Waals surface area contributed by atoms with Gasteiger partial charge in [-0.3, -0.25) is 19.7 Å². The van der Waals surface area contributed by atoms with Crippen LogP contribution in [-0.4, -0.2) is 73.5 Å². The fourth-order valence-electron chi connectivity index (χ4n) is 2.86. The SMILES string of the molecule is CC(C)OC(=O)C(C)NP(OCC1CCC(N(C)/C=C\C(=O)NC=O)O1)Oc1ccccc1.CO. The topological polar surface area (TPSA) is 136 Å². The Kier molecular flexibility index (Phi) is 14.8. The average molecular weight is 514 g/mol. The zero-order valence-corrected chi connectivity index (χ0v) is 21.6. The molecule has 1 aliphatic heterocycles. The van der Waals surface area contributed by atoms with E-state index in [0.29, 0.717) is 12.2 Å². The molecule has 196 valence electrons. The van der Waals surface area contributed by atoms with Gasteiger partial charge in [-0.05, 0) is 45.7 Å². The number of imide groups is 1. The van der Waals surface area contributed by atoms with Crippen molar-refractivity contribution in [3.8, 4) is 5.75 Å². The molecule has 1 fully saturated rings. The molecule has 1 aromatic rings. The Balaban J connectivity index is 0.00000298. The summed E-state index contributed by atoms with van der Waals surface area (Å²) in [6.07, 6.45) is 4.02. The second-order valence-corrected chi connectivity index (χ2v) is 8.90. The lowest BCUT2D eigenvalue weighted by atomic mass is 10.2. The van der Waals surface area contributed by atoms with Gasteiger partial charge < -0.3 is 28.5 Å². The third-order valence-electron chi connectivity index (χ3n) is 4.52. The molecular weight excluding hydrogens is 477 g/mol. The molecular formula is C23H36N3O8P. The van der Waals surface area contributed by atoms with E-state index in [4.69, 9.17) is 23.6 Å². The predicted molar refractivity (Wildman–Crippen MR) is 131 cm³/mol. The van der Waals surface area contributed by atoms with Crippen LogP contribution in [-0.2, 0) is 28.4 Å². The number of benzene rings is 1. The van der Waals surface area contributed by atoms with E-state index >= 15 is 0 Å². The summed E-state index contributed by atoms with van der Waals surface area (Å²) >= 11 is 0. The molecule has 0 saturated carbocycles. The summed E-state index contributed by atoms with van der Waals surface area (Å²) in [5.74, 6) is -0.277. The fourth-order valence-corrected chi connectivity index (χ4v) is 4.08. The summed E-state index contributed by atoms with van der Waals surface area (Å²) in [6, 6.07) is 8.58. The molecule has 0 spiro atoms. The number of carbonyl (C=O) groups is 3. The van der Waals surface area contributed by atoms with Gasteiger partial charge in [0, 0.05) is 26.4 Å². The molecule has 11 nitrogen and oxygen atoms in total. The van der Waals surface area contributed by atoms with Crippen molar-refractivity contribution in [3.63, 3.8) is 0 Å². The van der Waals surface area contributed by atoms with Crippen LogP contribution in [0.25, 0.3) is 0 Å². The van der Waals surface area contributed by atoms with Crippen molar-refractivity contribution in [1.82, 2.24) is 15.3 Å². The van der Waals surface area contributed by atoms with E-state index in [1.165, 1.54) is 6.08 Å². The van der Waals surface area contributed by atoms with Crippen LogP contribution in [0, 0.1) is 0 Å². The van der Waals surface area contributed by atoms with Gasteiger partial charge >= 0.3 is 14.5 Å². The molecule has 35 heavy (non-hydrogen) atoms. The lowest BCUT2D eigenvalue weighted by Crippen LogP contribution is -2.35. The van der Waals surface area contributed by atoms with Crippen LogP contribution in [0.3, 0.4) is 0 Å². The minimum atomic E-state index is -1.64. The number of amides is 2.